The van der Waals surface area contributed by atoms with Crippen molar-refractivity contribution in [1.82, 2.24) is 0 Å². The standard InChI is InChI=1S/C8H8O2.C8H10O/c1-10-8-4-2-7(6-9)3-5-8;1-9-7-8-5-3-2-4-6-8/h2-6H,1H3;2-6H,7H2,1H3. The minimum absolute atomic E-state index is 0.667. The summed E-state index contributed by atoms with van der Waals surface area (Å²) in [6.45, 7) is 0.709. The lowest BCUT2D eigenvalue weighted by atomic mass is 10.2. The predicted molar refractivity (Wildman–Crippen MR) is 75.5 cm³/mol. The van der Waals surface area contributed by atoms with Crippen molar-refractivity contribution in [3.63, 3.8) is 0 Å². The summed E-state index contributed by atoms with van der Waals surface area (Å²) in [4.78, 5) is 10.2. The average Bonchev–Trinajstić information content (AvgIpc) is 2.49. The lowest BCUT2D eigenvalue weighted by molar-refractivity contribution is 0.112. The van der Waals surface area contributed by atoms with E-state index >= 15 is 0 Å². The summed E-state index contributed by atoms with van der Waals surface area (Å²) in [6, 6.07) is 17.0. The Morgan fingerprint density at radius 3 is 2.05 bits per heavy atom. The molecule has 0 unspecified atom stereocenters. The molecule has 0 radical (unpaired) electrons. The summed E-state index contributed by atoms with van der Waals surface area (Å²) >= 11 is 0. The molecule has 0 bridgehead atoms. The van der Waals surface area contributed by atoms with Crippen molar-refractivity contribution in [1.29, 1.82) is 0 Å². The van der Waals surface area contributed by atoms with Gasteiger partial charge in [0.05, 0.1) is 13.7 Å². The molecule has 2 aromatic rings. The van der Waals surface area contributed by atoms with Gasteiger partial charge in [-0.2, -0.15) is 0 Å². The second kappa shape index (κ2) is 8.89. The van der Waals surface area contributed by atoms with Crippen LogP contribution in [0.4, 0.5) is 0 Å². The average molecular weight is 258 g/mol. The van der Waals surface area contributed by atoms with Crippen molar-refractivity contribution in [3.05, 3.63) is 65.7 Å². The molecule has 2 rings (SSSR count). The fourth-order valence-corrected chi connectivity index (χ4v) is 1.42. The number of methoxy groups -OCH3 is 2. The third-order valence-corrected chi connectivity index (χ3v) is 2.41. The quantitative estimate of drug-likeness (QED) is 0.789. The van der Waals surface area contributed by atoms with E-state index in [4.69, 9.17) is 9.47 Å². The van der Waals surface area contributed by atoms with Gasteiger partial charge in [-0.3, -0.25) is 4.79 Å². The Morgan fingerprint density at radius 2 is 1.58 bits per heavy atom. The molecule has 0 spiro atoms. The Labute approximate surface area is 113 Å². The van der Waals surface area contributed by atoms with Crippen molar-refractivity contribution in [2.45, 2.75) is 6.61 Å². The van der Waals surface area contributed by atoms with Crippen molar-refractivity contribution in [2.75, 3.05) is 14.2 Å². The van der Waals surface area contributed by atoms with Gasteiger partial charge in [0, 0.05) is 12.7 Å². The van der Waals surface area contributed by atoms with Gasteiger partial charge in [-0.15, -0.1) is 0 Å². The summed E-state index contributed by atoms with van der Waals surface area (Å²) in [7, 11) is 3.29. The molecule has 2 aromatic carbocycles. The first-order chi connectivity index (χ1) is 9.30. The highest BCUT2D eigenvalue weighted by molar-refractivity contribution is 5.74. The van der Waals surface area contributed by atoms with Crippen LogP contribution < -0.4 is 4.74 Å². The van der Waals surface area contributed by atoms with Gasteiger partial charge in [0.1, 0.15) is 12.0 Å². The topological polar surface area (TPSA) is 35.5 Å². The lowest BCUT2D eigenvalue weighted by Gasteiger charge is -1.96. The Morgan fingerprint density at radius 1 is 0.947 bits per heavy atom. The van der Waals surface area contributed by atoms with E-state index in [0.717, 1.165) is 12.0 Å². The number of carbonyl (C=O) groups excluding carboxylic acids is 1. The zero-order chi connectivity index (χ0) is 13.9. The summed E-state index contributed by atoms with van der Waals surface area (Å²) in [6.07, 6.45) is 0.805. The van der Waals surface area contributed by atoms with E-state index in [9.17, 15) is 4.79 Å². The Bertz CT molecular complexity index is 463. The van der Waals surface area contributed by atoms with E-state index in [2.05, 4.69) is 0 Å². The van der Waals surface area contributed by atoms with Gasteiger partial charge in [0.15, 0.2) is 0 Å². The van der Waals surface area contributed by atoms with Crippen molar-refractivity contribution < 1.29 is 14.3 Å². The molecule has 3 heteroatoms. The van der Waals surface area contributed by atoms with Crippen LogP contribution in [0.1, 0.15) is 15.9 Å². The van der Waals surface area contributed by atoms with Crippen LogP contribution in [0.15, 0.2) is 54.6 Å². The monoisotopic (exact) mass is 258 g/mol. The molecule has 0 fully saturated rings. The van der Waals surface area contributed by atoms with Crippen molar-refractivity contribution >= 4 is 6.29 Å². The Kier molecular flexibility index (Phi) is 6.98. The van der Waals surface area contributed by atoms with Gasteiger partial charge in [0.2, 0.25) is 0 Å². The number of aldehydes is 1. The number of carbonyl (C=O) groups is 1. The first-order valence-corrected chi connectivity index (χ1v) is 5.92. The molecule has 0 aliphatic rings. The summed E-state index contributed by atoms with van der Waals surface area (Å²) < 4.78 is 9.83. The van der Waals surface area contributed by atoms with Crippen molar-refractivity contribution in [2.24, 2.45) is 0 Å². The molecule has 100 valence electrons. The first kappa shape index (κ1) is 14.9. The van der Waals surface area contributed by atoms with Crippen LogP contribution in [0, 0.1) is 0 Å². The molecule has 3 nitrogen and oxygen atoms in total. The zero-order valence-corrected chi connectivity index (χ0v) is 11.2. The smallest absolute Gasteiger partial charge is 0.150 e. The van der Waals surface area contributed by atoms with Crippen LogP contribution in [0.5, 0.6) is 5.75 Å². The molecule has 0 N–H and O–H groups in total. The van der Waals surface area contributed by atoms with E-state index in [1.54, 1.807) is 38.5 Å². The molecule has 0 aromatic heterocycles. The fraction of sp³-hybridized carbons (Fsp3) is 0.188. The Balaban J connectivity index is 0.000000191. The van der Waals surface area contributed by atoms with E-state index in [1.165, 1.54) is 5.56 Å². The molecule has 0 aliphatic carbocycles. The molecule has 0 saturated carbocycles. The molecule has 0 heterocycles. The maximum Gasteiger partial charge on any atom is 0.150 e. The van der Waals surface area contributed by atoms with E-state index in [0.29, 0.717) is 12.2 Å². The SMILES string of the molecule is COCc1ccccc1.COc1ccc(C=O)cc1. The largest absolute Gasteiger partial charge is 0.497 e. The van der Waals surface area contributed by atoms with E-state index in [1.807, 2.05) is 30.3 Å². The maximum absolute atomic E-state index is 10.2. The van der Waals surface area contributed by atoms with Crippen LogP contribution in [-0.4, -0.2) is 20.5 Å². The summed E-state index contributed by atoms with van der Waals surface area (Å²) in [5, 5.41) is 0. The highest BCUT2D eigenvalue weighted by Crippen LogP contribution is 2.09. The number of hydrogen-bond donors (Lipinski definition) is 0. The highest BCUT2D eigenvalue weighted by atomic mass is 16.5. The molecular weight excluding hydrogens is 240 g/mol. The molecule has 0 saturated heterocycles. The second-order valence-electron chi connectivity index (χ2n) is 3.81. The minimum Gasteiger partial charge on any atom is -0.497 e. The van der Waals surface area contributed by atoms with E-state index < -0.39 is 0 Å². The number of rotatable bonds is 4. The van der Waals surface area contributed by atoms with Crippen molar-refractivity contribution in [3.8, 4) is 5.75 Å². The molecular formula is C16H18O3. The normalized spacial score (nSPS) is 9.16. The van der Waals surface area contributed by atoms with Gasteiger partial charge in [-0.05, 0) is 29.8 Å². The van der Waals surface area contributed by atoms with Crippen LogP contribution >= 0.6 is 0 Å². The summed E-state index contributed by atoms with van der Waals surface area (Å²) in [5.74, 6) is 0.769. The van der Waals surface area contributed by atoms with Gasteiger partial charge in [-0.25, -0.2) is 0 Å². The van der Waals surface area contributed by atoms with Crippen LogP contribution in [0.2, 0.25) is 0 Å². The first-order valence-electron chi connectivity index (χ1n) is 5.92. The fourth-order valence-electron chi connectivity index (χ4n) is 1.42. The minimum atomic E-state index is 0.667. The predicted octanol–water partition coefficient (Wildman–Crippen LogP) is 3.34. The van der Waals surface area contributed by atoms with Gasteiger partial charge >= 0.3 is 0 Å². The summed E-state index contributed by atoms with van der Waals surface area (Å²) in [5.41, 5.74) is 1.89. The second-order valence-corrected chi connectivity index (χ2v) is 3.81. The number of benzene rings is 2. The highest BCUT2D eigenvalue weighted by Gasteiger charge is 1.89. The molecule has 0 atom stereocenters. The molecule has 0 amide bonds. The lowest BCUT2D eigenvalue weighted by Crippen LogP contribution is -1.84. The number of ether oxygens (including phenoxy) is 2. The molecule has 19 heavy (non-hydrogen) atoms. The third kappa shape index (κ3) is 5.84. The third-order valence-electron chi connectivity index (χ3n) is 2.41. The number of hydrogen-bond acceptors (Lipinski definition) is 3. The van der Waals surface area contributed by atoms with E-state index in [-0.39, 0.29) is 0 Å². The molecule has 0 aliphatic heterocycles. The van der Waals surface area contributed by atoms with Crippen LogP contribution in [-0.2, 0) is 11.3 Å². The zero-order valence-electron chi connectivity index (χ0n) is 11.2. The Hall–Kier alpha value is -2.13. The maximum atomic E-state index is 10.2. The van der Waals surface area contributed by atoms with Crippen LogP contribution in [0.3, 0.4) is 0 Å². The van der Waals surface area contributed by atoms with Crippen LogP contribution in [0.25, 0.3) is 0 Å². The van der Waals surface area contributed by atoms with Gasteiger partial charge in [-0.1, -0.05) is 30.3 Å². The van der Waals surface area contributed by atoms with Gasteiger partial charge in [0.25, 0.3) is 0 Å². The van der Waals surface area contributed by atoms with Gasteiger partial charge < -0.3 is 9.47 Å².